The second-order valence-electron chi connectivity index (χ2n) is 7.06. The summed E-state index contributed by atoms with van der Waals surface area (Å²) in [7, 11) is 0. The Morgan fingerprint density at radius 1 is 0.897 bits per heavy atom. The number of carbonyl (C=O) groups is 1. The highest BCUT2D eigenvalue weighted by molar-refractivity contribution is 5.64. The summed E-state index contributed by atoms with van der Waals surface area (Å²) in [4.78, 5) is 10.8. The third-order valence-electron chi connectivity index (χ3n) is 4.75. The van der Waals surface area contributed by atoms with E-state index in [1.165, 1.54) is 36.4 Å². The zero-order valence-electron chi connectivity index (χ0n) is 16.1. The van der Waals surface area contributed by atoms with Crippen molar-refractivity contribution in [3.8, 4) is 0 Å². The molecule has 0 bridgehead atoms. The van der Waals surface area contributed by atoms with Gasteiger partial charge in [0, 0.05) is 12.5 Å². The van der Waals surface area contributed by atoms with Gasteiger partial charge in [0.05, 0.1) is 0 Å². The van der Waals surface area contributed by atoms with Crippen LogP contribution in [0.4, 0.5) is 13.6 Å². The van der Waals surface area contributed by atoms with Crippen LogP contribution in [0.3, 0.4) is 0 Å². The van der Waals surface area contributed by atoms with Crippen LogP contribution in [0.5, 0.6) is 0 Å². The third kappa shape index (κ3) is 7.77. The van der Waals surface area contributed by atoms with Crippen molar-refractivity contribution in [3.63, 3.8) is 0 Å². The van der Waals surface area contributed by atoms with Crippen LogP contribution < -0.4 is 10.6 Å². The number of hydrogen-bond donors (Lipinski definition) is 5. The van der Waals surface area contributed by atoms with E-state index in [2.05, 4.69) is 10.6 Å². The Morgan fingerprint density at radius 2 is 1.38 bits per heavy atom. The molecule has 0 spiro atoms. The molecule has 6 nitrogen and oxygen atoms in total. The van der Waals surface area contributed by atoms with E-state index in [4.69, 9.17) is 5.11 Å². The standard InChI is InChI=1S/C21H26F2N2O4/c1-13(14-2-6-17(22)7-3-14)10-19(26)25-20(27)11-16(12-24-21(28)29)15-4-8-18(23)9-5-15/h2-9,13,16,19-20,24-27H,10-12H2,1H3,(H,28,29)/t13?,16-,19?,20+/m1/s1. The van der Waals surface area contributed by atoms with Crippen LogP contribution in [0.1, 0.15) is 42.7 Å². The zero-order chi connectivity index (χ0) is 21.4. The fourth-order valence-corrected chi connectivity index (χ4v) is 3.17. The summed E-state index contributed by atoms with van der Waals surface area (Å²) < 4.78 is 26.2. The monoisotopic (exact) mass is 408 g/mol. The van der Waals surface area contributed by atoms with Crippen LogP contribution >= 0.6 is 0 Å². The van der Waals surface area contributed by atoms with Gasteiger partial charge in [-0.3, -0.25) is 5.32 Å². The predicted molar refractivity (Wildman–Crippen MR) is 104 cm³/mol. The van der Waals surface area contributed by atoms with Crippen molar-refractivity contribution in [3.05, 3.63) is 71.3 Å². The van der Waals surface area contributed by atoms with Gasteiger partial charge in [-0.1, -0.05) is 31.2 Å². The molecule has 0 radical (unpaired) electrons. The maximum absolute atomic E-state index is 13.2. The van der Waals surface area contributed by atoms with Gasteiger partial charge in [0.25, 0.3) is 0 Å². The first kappa shape index (κ1) is 22.7. The van der Waals surface area contributed by atoms with Gasteiger partial charge >= 0.3 is 6.09 Å². The zero-order valence-corrected chi connectivity index (χ0v) is 16.1. The summed E-state index contributed by atoms with van der Waals surface area (Å²) in [6.07, 6.45) is -2.94. The number of halogens is 2. The molecule has 29 heavy (non-hydrogen) atoms. The van der Waals surface area contributed by atoms with Crippen molar-refractivity contribution >= 4 is 6.09 Å². The van der Waals surface area contributed by atoms with E-state index in [1.54, 1.807) is 12.1 Å². The van der Waals surface area contributed by atoms with Crippen molar-refractivity contribution in [1.29, 1.82) is 0 Å². The molecule has 0 saturated carbocycles. The van der Waals surface area contributed by atoms with E-state index in [0.717, 1.165) is 5.56 Å². The first-order valence-electron chi connectivity index (χ1n) is 9.34. The summed E-state index contributed by atoms with van der Waals surface area (Å²) >= 11 is 0. The van der Waals surface area contributed by atoms with Crippen molar-refractivity contribution < 1.29 is 28.9 Å². The van der Waals surface area contributed by atoms with Crippen LogP contribution in [-0.2, 0) is 0 Å². The lowest BCUT2D eigenvalue weighted by Crippen LogP contribution is -2.41. The number of aliphatic hydroxyl groups is 2. The molecule has 0 aliphatic rings. The minimum absolute atomic E-state index is 0.0295. The molecule has 2 rings (SSSR count). The summed E-state index contributed by atoms with van der Waals surface area (Å²) in [5, 5.41) is 34.4. The number of benzene rings is 2. The lowest BCUT2D eigenvalue weighted by Gasteiger charge is -2.25. The summed E-state index contributed by atoms with van der Waals surface area (Å²) in [5.41, 5.74) is 1.52. The van der Waals surface area contributed by atoms with E-state index in [0.29, 0.717) is 5.56 Å². The van der Waals surface area contributed by atoms with Gasteiger partial charge in [0.1, 0.15) is 24.1 Å². The topological polar surface area (TPSA) is 102 Å². The Labute approximate surface area is 168 Å². The fraction of sp³-hybridized carbons (Fsp3) is 0.381. The molecule has 4 atom stereocenters. The Kier molecular flexibility index (Phi) is 8.50. The number of rotatable bonds is 10. The minimum Gasteiger partial charge on any atom is -0.465 e. The highest BCUT2D eigenvalue weighted by Gasteiger charge is 2.21. The lowest BCUT2D eigenvalue weighted by atomic mass is 9.94. The molecule has 2 unspecified atom stereocenters. The average Bonchev–Trinajstić information content (AvgIpc) is 2.66. The highest BCUT2D eigenvalue weighted by Crippen LogP contribution is 2.23. The van der Waals surface area contributed by atoms with E-state index in [9.17, 15) is 23.8 Å². The number of nitrogens with one attached hydrogen (secondary N) is 2. The molecule has 0 saturated heterocycles. The Balaban J connectivity index is 1.93. The molecular weight excluding hydrogens is 382 g/mol. The quantitative estimate of drug-likeness (QED) is 0.389. The minimum atomic E-state index is -1.20. The van der Waals surface area contributed by atoms with Crippen LogP contribution in [-0.4, -0.2) is 40.4 Å². The maximum atomic E-state index is 13.2. The van der Waals surface area contributed by atoms with Crippen LogP contribution in [0.15, 0.2) is 48.5 Å². The lowest BCUT2D eigenvalue weighted by molar-refractivity contribution is 0.0271. The molecule has 0 fully saturated rings. The summed E-state index contributed by atoms with van der Waals surface area (Å²) in [6.45, 7) is 1.91. The molecule has 158 valence electrons. The Morgan fingerprint density at radius 3 is 1.90 bits per heavy atom. The van der Waals surface area contributed by atoms with Crippen molar-refractivity contribution in [2.24, 2.45) is 0 Å². The second-order valence-corrected chi connectivity index (χ2v) is 7.06. The van der Waals surface area contributed by atoms with Gasteiger partial charge in [-0.05, 0) is 54.2 Å². The average molecular weight is 408 g/mol. The highest BCUT2D eigenvalue weighted by atomic mass is 19.1. The van der Waals surface area contributed by atoms with E-state index in [1.807, 2.05) is 6.92 Å². The van der Waals surface area contributed by atoms with Gasteiger partial charge in [-0.15, -0.1) is 0 Å². The summed E-state index contributed by atoms with van der Waals surface area (Å²) in [6, 6.07) is 11.6. The number of hydrogen-bond acceptors (Lipinski definition) is 4. The molecule has 0 heterocycles. The van der Waals surface area contributed by atoms with Gasteiger partial charge in [-0.25, -0.2) is 13.6 Å². The molecule has 0 aromatic heterocycles. The van der Waals surface area contributed by atoms with E-state index < -0.39 is 30.3 Å². The predicted octanol–water partition coefficient (Wildman–Crippen LogP) is 3.13. The van der Waals surface area contributed by atoms with Crippen molar-refractivity contribution in [2.45, 2.75) is 44.1 Å². The number of aliphatic hydroxyl groups excluding tert-OH is 2. The Bertz CT molecular complexity index is 771. The number of carboxylic acid groups (broad SMARTS) is 1. The molecule has 5 N–H and O–H groups in total. The van der Waals surface area contributed by atoms with Gasteiger partial charge in [0.15, 0.2) is 0 Å². The molecule has 8 heteroatoms. The molecule has 0 aliphatic heterocycles. The molecular formula is C21H26F2N2O4. The molecule has 0 aliphatic carbocycles. The smallest absolute Gasteiger partial charge is 0.404 e. The molecule has 2 aromatic carbocycles. The second kappa shape index (κ2) is 10.8. The van der Waals surface area contributed by atoms with Crippen LogP contribution in [0, 0.1) is 11.6 Å². The Hall–Kier alpha value is -2.55. The van der Waals surface area contributed by atoms with Crippen LogP contribution in [0.25, 0.3) is 0 Å². The first-order valence-corrected chi connectivity index (χ1v) is 9.34. The molecule has 2 aromatic rings. The third-order valence-corrected chi connectivity index (χ3v) is 4.75. The van der Waals surface area contributed by atoms with E-state index >= 15 is 0 Å². The van der Waals surface area contributed by atoms with Crippen molar-refractivity contribution in [2.75, 3.05) is 6.54 Å². The van der Waals surface area contributed by atoms with Gasteiger partial charge in [0.2, 0.25) is 0 Å². The first-order chi connectivity index (χ1) is 13.7. The largest absolute Gasteiger partial charge is 0.465 e. The van der Waals surface area contributed by atoms with Crippen molar-refractivity contribution in [1.82, 2.24) is 10.6 Å². The van der Waals surface area contributed by atoms with Gasteiger partial charge in [-0.2, -0.15) is 0 Å². The maximum Gasteiger partial charge on any atom is 0.404 e. The van der Waals surface area contributed by atoms with Gasteiger partial charge < -0.3 is 20.6 Å². The summed E-state index contributed by atoms with van der Waals surface area (Å²) in [5.74, 6) is -1.25. The van der Waals surface area contributed by atoms with Crippen LogP contribution in [0.2, 0.25) is 0 Å². The number of amides is 1. The van der Waals surface area contributed by atoms with E-state index in [-0.39, 0.29) is 31.1 Å². The SMILES string of the molecule is CC(CC(O)N[C@@H](O)C[C@H](CNC(=O)O)c1ccc(F)cc1)c1ccc(F)cc1. The normalized spacial score (nSPS) is 15.3. The fourth-order valence-electron chi connectivity index (χ4n) is 3.17. The molecule has 1 amide bonds.